The van der Waals surface area contributed by atoms with Crippen LogP contribution >= 0.6 is 0 Å². The van der Waals surface area contributed by atoms with Crippen molar-refractivity contribution in [3.8, 4) is 11.9 Å². The van der Waals surface area contributed by atoms with Crippen molar-refractivity contribution in [1.82, 2.24) is 30.0 Å². The average molecular weight is 468 g/mol. The second-order valence-electron chi connectivity index (χ2n) is 7.95. The quantitative estimate of drug-likeness (QED) is 0.531. The van der Waals surface area contributed by atoms with Gasteiger partial charge in [-0.1, -0.05) is 6.07 Å². The van der Waals surface area contributed by atoms with Gasteiger partial charge in [-0.25, -0.2) is 15.0 Å². The molecular weight excluding hydrogens is 449 g/mol. The Balaban J connectivity index is 1.59. The summed E-state index contributed by atoms with van der Waals surface area (Å²) in [4.78, 5) is 28.8. The number of amides is 1. The van der Waals surface area contributed by atoms with Crippen LogP contribution in [0.5, 0.6) is 0 Å². The summed E-state index contributed by atoms with van der Waals surface area (Å²) in [5.41, 5.74) is -1.74. The normalized spacial score (nSPS) is 15.3. The lowest BCUT2D eigenvalue weighted by atomic mass is 10.0. The third-order valence-corrected chi connectivity index (χ3v) is 5.46. The number of aromatic nitrogens is 5. The van der Waals surface area contributed by atoms with Crippen LogP contribution in [0.1, 0.15) is 58.9 Å². The highest BCUT2D eigenvalue weighted by Gasteiger charge is 2.48. The van der Waals surface area contributed by atoms with Gasteiger partial charge in [-0.15, -0.1) is 0 Å². The summed E-state index contributed by atoms with van der Waals surface area (Å²) in [6.07, 6.45) is -1.07. The maximum absolute atomic E-state index is 13.4. The molecule has 1 fully saturated rings. The van der Waals surface area contributed by atoms with Gasteiger partial charge in [0.25, 0.3) is 5.91 Å². The minimum absolute atomic E-state index is 0.0518. The van der Waals surface area contributed by atoms with Crippen LogP contribution < -0.4 is 5.32 Å². The van der Waals surface area contributed by atoms with E-state index in [1.54, 1.807) is 25.3 Å². The molecule has 1 N–H and O–H groups in total. The van der Waals surface area contributed by atoms with Gasteiger partial charge in [0.2, 0.25) is 0 Å². The van der Waals surface area contributed by atoms with Crippen molar-refractivity contribution < 1.29 is 18.0 Å². The number of halogens is 3. The second kappa shape index (κ2) is 8.66. The van der Waals surface area contributed by atoms with Crippen molar-refractivity contribution in [1.29, 1.82) is 5.26 Å². The fraction of sp³-hybridized carbons (Fsp3) is 0.318. The number of hydrogen-bond acceptors (Lipinski definition) is 7. The molecule has 0 aliphatic heterocycles. The lowest BCUT2D eigenvalue weighted by molar-refractivity contribution is -0.141. The monoisotopic (exact) mass is 468 g/mol. The number of hydrogen-bond donors (Lipinski definition) is 1. The molecule has 0 aromatic carbocycles. The zero-order valence-corrected chi connectivity index (χ0v) is 18.0. The third kappa shape index (κ3) is 4.50. The molecule has 0 saturated heterocycles. The van der Waals surface area contributed by atoms with Crippen LogP contribution in [-0.2, 0) is 18.1 Å². The van der Waals surface area contributed by atoms with Crippen molar-refractivity contribution >= 4 is 12.6 Å². The van der Waals surface area contributed by atoms with Crippen molar-refractivity contribution in [2.45, 2.75) is 43.9 Å². The molecule has 3 heterocycles. The average Bonchev–Trinajstić information content (AvgIpc) is 3.47. The molecule has 34 heavy (non-hydrogen) atoms. The lowest BCUT2D eigenvalue weighted by Crippen LogP contribution is -2.29. The molecule has 1 amide bonds. The zero-order valence-electron chi connectivity index (χ0n) is 18.0. The predicted molar refractivity (Wildman–Crippen MR) is 114 cm³/mol. The summed E-state index contributed by atoms with van der Waals surface area (Å²) in [5.74, 6) is 0.0124. The molecule has 174 valence electrons. The Morgan fingerprint density at radius 1 is 1.35 bits per heavy atom. The Bertz CT molecular complexity index is 1270. The minimum Gasteiger partial charge on any atom is -0.342 e. The second-order valence-corrected chi connectivity index (χ2v) is 7.95. The molecule has 4 rings (SSSR count). The standard InChI is InChI=1S/C22H19F3N8O/c1-13(19-29-12-30-33(19)18-4-3-14(9-27-2)10-28-18)31-20(34)15-7-16(21(11-26)5-6-21)32-17(8-15)22(23,24)25/h3-4,7-8,10,12-13H,2,5-6,9H2,1H3,(H,31,34)/t13-/m0/s1. The molecule has 1 aliphatic rings. The first-order valence-electron chi connectivity index (χ1n) is 10.3. The topological polar surface area (TPSA) is 122 Å². The Labute approximate surface area is 192 Å². The zero-order chi connectivity index (χ0) is 24.5. The predicted octanol–water partition coefficient (Wildman–Crippen LogP) is 3.32. The van der Waals surface area contributed by atoms with E-state index in [0.717, 1.165) is 5.56 Å². The number of pyridine rings is 2. The highest BCUT2D eigenvalue weighted by molar-refractivity contribution is 5.94. The van der Waals surface area contributed by atoms with Crippen molar-refractivity contribution in [2.24, 2.45) is 4.99 Å². The van der Waals surface area contributed by atoms with Gasteiger partial charge in [-0.05, 0) is 50.2 Å². The molecule has 3 aromatic rings. The Morgan fingerprint density at radius 2 is 2.12 bits per heavy atom. The number of carbonyl (C=O) groups is 1. The SMILES string of the molecule is C=NCc1ccc(-n2ncnc2[C@H](C)NC(=O)c2cc(C(F)(F)F)nc(C3(C#N)CC3)c2)nc1. The number of alkyl halides is 3. The fourth-order valence-electron chi connectivity index (χ4n) is 3.43. The number of nitriles is 1. The molecule has 0 bridgehead atoms. The summed E-state index contributed by atoms with van der Waals surface area (Å²) in [5, 5.41) is 16.2. The maximum atomic E-state index is 13.4. The number of carbonyl (C=O) groups excluding carboxylic acids is 1. The van der Waals surface area contributed by atoms with Gasteiger partial charge in [0, 0.05) is 11.8 Å². The summed E-state index contributed by atoms with van der Waals surface area (Å²) in [7, 11) is 0. The number of aliphatic imine (C=N–C) groups is 1. The molecule has 0 radical (unpaired) electrons. The largest absolute Gasteiger partial charge is 0.433 e. The van der Waals surface area contributed by atoms with Crippen LogP contribution in [0.2, 0.25) is 0 Å². The van der Waals surface area contributed by atoms with Crippen LogP contribution in [0.25, 0.3) is 5.82 Å². The van der Waals surface area contributed by atoms with Gasteiger partial charge in [0.15, 0.2) is 11.6 Å². The van der Waals surface area contributed by atoms with E-state index < -0.39 is 29.2 Å². The van der Waals surface area contributed by atoms with Crippen molar-refractivity contribution in [3.05, 3.63) is 65.1 Å². The smallest absolute Gasteiger partial charge is 0.342 e. The van der Waals surface area contributed by atoms with Gasteiger partial charge < -0.3 is 5.32 Å². The summed E-state index contributed by atoms with van der Waals surface area (Å²) < 4.78 is 41.7. The van der Waals surface area contributed by atoms with Gasteiger partial charge in [-0.3, -0.25) is 9.79 Å². The Hall–Kier alpha value is -4.14. The van der Waals surface area contributed by atoms with Crippen LogP contribution in [0, 0.1) is 11.3 Å². The summed E-state index contributed by atoms with van der Waals surface area (Å²) in [6.45, 7) is 5.47. The van der Waals surface area contributed by atoms with E-state index >= 15 is 0 Å². The van der Waals surface area contributed by atoms with E-state index in [-0.39, 0.29) is 11.3 Å². The first-order chi connectivity index (χ1) is 16.2. The van der Waals surface area contributed by atoms with Crippen LogP contribution in [0.3, 0.4) is 0 Å². The third-order valence-electron chi connectivity index (χ3n) is 5.46. The van der Waals surface area contributed by atoms with E-state index in [1.807, 2.05) is 6.07 Å². The Kier molecular flexibility index (Phi) is 5.87. The molecule has 3 aromatic heterocycles. The van der Waals surface area contributed by atoms with Crippen molar-refractivity contribution in [3.63, 3.8) is 0 Å². The summed E-state index contributed by atoms with van der Waals surface area (Å²) in [6, 6.07) is 6.72. The van der Waals surface area contributed by atoms with E-state index in [0.29, 0.717) is 37.1 Å². The van der Waals surface area contributed by atoms with Gasteiger partial charge in [-0.2, -0.15) is 28.2 Å². The van der Waals surface area contributed by atoms with Crippen LogP contribution in [0.15, 0.2) is 41.8 Å². The van der Waals surface area contributed by atoms with E-state index in [2.05, 4.69) is 37.1 Å². The van der Waals surface area contributed by atoms with Crippen LogP contribution in [-0.4, -0.2) is 37.4 Å². The van der Waals surface area contributed by atoms with E-state index in [1.165, 1.54) is 17.1 Å². The molecule has 9 nitrogen and oxygen atoms in total. The number of rotatable bonds is 7. The maximum Gasteiger partial charge on any atom is 0.433 e. The molecule has 0 unspecified atom stereocenters. The molecule has 12 heteroatoms. The fourth-order valence-corrected chi connectivity index (χ4v) is 3.43. The van der Waals surface area contributed by atoms with Gasteiger partial charge >= 0.3 is 6.18 Å². The summed E-state index contributed by atoms with van der Waals surface area (Å²) >= 11 is 0. The molecule has 1 aliphatic carbocycles. The number of nitrogens with one attached hydrogen (secondary N) is 1. The number of nitrogens with zero attached hydrogens (tertiary/aromatic N) is 7. The van der Waals surface area contributed by atoms with Gasteiger partial charge in [0.05, 0.1) is 29.8 Å². The first-order valence-corrected chi connectivity index (χ1v) is 10.3. The highest BCUT2D eigenvalue weighted by atomic mass is 19.4. The van der Waals surface area contributed by atoms with E-state index in [4.69, 9.17) is 0 Å². The first kappa shape index (κ1) is 23.0. The van der Waals surface area contributed by atoms with Crippen molar-refractivity contribution in [2.75, 3.05) is 0 Å². The molecular formula is C22H19F3N8O. The lowest BCUT2D eigenvalue weighted by Gasteiger charge is -2.16. The molecule has 1 atom stereocenters. The molecule has 1 saturated carbocycles. The molecule has 0 spiro atoms. The van der Waals surface area contributed by atoms with Gasteiger partial charge in [0.1, 0.15) is 12.0 Å². The minimum atomic E-state index is -4.76. The highest BCUT2D eigenvalue weighted by Crippen LogP contribution is 2.47. The van der Waals surface area contributed by atoms with E-state index in [9.17, 15) is 23.2 Å². The Morgan fingerprint density at radius 3 is 2.71 bits per heavy atom. The van der Waals surface area contributed by atoms with Crippen LogP contribution in [0.4, 0.5) is 13.2 Å².